The number of carbonyl (C=O) groups is 1. The molecule has 0 radical (unpaired) electrons. The maximum absolute atomic E-state index is 13.1. The molecular formula is C29H33FN2O4. The number of piperidine rings is 1. The van der Waals surface area contributed by atoms with Crippen molar-refractivity contribution >= 4 is 11.7 Å². The molecule has 0 unspecified atom stereocenters. The lowest BCUT2D eigenvalue weighted by molar-refractivity contribution is -0.136. The van der Waals surface area contributed by atoms with Crippen LogP contribution in [0.25, 0.3) is 11.1 Å². The SMILES string of the molecule is CC1(C)CCN(c2c(-c3ccc(OCCc4ccc(F)cc4)cc3)cnc(CO)c2CC(=O)O)CC1. The molecule has 0 bridgehead atoms. The fourth-order valence-corrected chi connectivity index (χ4v) is 4.63. The van der Waals surface area contributed by atoms with Crippen molar-refractivity contribution in [3.63, 3.8) is 0 Å². The van der Waals surface area contributed by atoms with E-state index in [2.05, 4.69) is 23.7 Å². The maximum atomic E-state index is 13.1. The van der Waals surface area contributed by atoms with Gasteiger partial charge in [0.2, 0.25) is 0 Å². The van der Waals surface area contributed by atoms with Crippen LogP contribution < -0.4 is 9.64 Å². The summed E-state index contributed by atoms with van der Waals surface area (Å²) in [5, 5.41) is 19.5. The summed E-state index contributed by atoms with van der Waals surface area (Å²) in [6.07, 6.45) is 4.20. The Balaban J connectivity index is 1.59. The summed E-state index contributed by atoms with van der Waals surface area (Å²) in [5.41, 5.74) is 4.82. The molecule has 4 rings (SSSR count). The second-order valence-electron chi connectivity index (χ2n) is 10.1. The van der Waals surface area contributed by atoms with Crippen LogP contribution in [0.2, 0.25) is 0 Å². The molecule has 1 aromatic heterocycles. The average molecular weight is 493 g/mol. The molecule has 36 heavy (non-hydrogen) atoms. The minimum Gasteiger partial charge on any atom is -0.493 e. The zero-order valence-corrected chi connectivity index (χ0v) is 20.8. The molecule has 3 aromatic rings. The van der Waals surface area contributed by atoms with Gasteiger partial charge in [-0.2, -0.15) is 0 Å². The third kappa shape index (κ3) is 6.21. The molecule has 2 aromatic carbocycles. The molecule has 1 saturated heterocycles. The van der Waals surface area contributed by atoms with Crippen molar-refractivity contribution in [2.24, 2.45) is 5.41 Å². The number of carboxylic acid groups (broad SMARTS) is 1. The number of nitrogens with zero attached hydrogens (tertiary/aromatic N) is 2. The predicted molar refractivity (Wildman–Crippen MR) is 138 cm³/mol. The summed E-state index contributed by atoms with van der Waals surface area (Å²) in [5.74, 6) is -0.490. The summed E-state index contributed by atoms with van der Waals surface area (Å²) < 4.78 is 19.0. The highest BCUT2D eigenvalue weighted by Gasteiger charge is 2.29. The number of pyridine rings is 1. The monoisotopic (exact) mass is 492 g/mol. The van der Waals surface area contributed by atoms with Gasteiger partial charge in [0, 0.05) is 36.8 Å². The Labute approximate surface area is 211 Å². The lowest BCUT2D eigenvalue weighted by Gasteiger charge is -2.40. The normalized spacial score (nSPS) is 15.1. The summed E-state index contributed by atoms with van der Waals surface area (Å²) in [6, 6.07) is 14.1. The average Bonchev–Trinajstić information content (AvgIpc) is 2.85. The van der Waals surface area contributed by atoms with Crippen molar-refractivity contribution < 1.29 is 24.1 Å². The van der Waals surface area contributed by atoms with Crippen LogP contribution in [-0.4, -0.2) is 40.9 Å². The molecule has 190 valence electrons. The highest BCUT2D eigenvalue weighted by Crippen LogP contribution is 2.40. The summed E-state index contributed by atoms with van der Waals surface area (Å²) in [7, 11) is 0. The molecular weight excluding hydrogens is 459 g/mol. The number of aliphatic hydroxyl groups excluding tert-OH is 1. The molecule has 0 atom stereocenters. The van der Waals surface area contributed by atoms with E-state index in [1.165, 1.54) is 12.1 Å². The fraction of sp³-hybridized carbons (Fsp3) is 0.379. The molecule has 0 aliphatic carbocycles. The molecule has 0 amide bonds. The van der Waals surface area contributed by atoms with E-state index in [4.69, 9.17) is 4.74 Å². The lowest BCUT2D eigenvalue weighted by Crippen LogP contribution is -2.38. The second kappa shape index (κ2) is 11.1. The third-order valence-electron chi connectivity index (χ3n) is 6.89. The number of anilines is 1. The largest absolute Gasteiger partial charge is 0.493 e. The molecule has 6 nitrogen and oxygen atoms in total. The van der Waals surface area contributed by atoms with Gasteiger partial charge in [0.15, 0.2) is 0 Å². The van der Waals surface area contributed by atoms with Gasteiger partial charge in [-0.3, -0.25) is 9.78 Å². The number of aliphatic carboxylic acids is 1. The quantitative estimate of drug-likeness (QED) is 0.424. The van der Waals surface area contributed by atoms with Crippen molar-refractivity contribution in [2.45, 2.75) is 46.1 Å². The minimum absolute atomic E-state index is 0.198. The van der Waals surface area contributed by atoms with Crippen LogP contribution in [0.1, 0.15) is 43.5 Å². The first-order valence-electron chi connectivity index (χ1n) is 12.3. The molecule has 1 aliphatic rings. The highest BCUT2D eigenvalue weighted by atomic mass is 19.1. The smallest absolute Gasteiger partial charge is 0.307 e. The summed E-state index contributed by atoms with van der Waals surface area (Å²) in [6.45, 7) is 6.29. The maximum Gasteiger partial charge on any atom is 0.307 e. The van der Waals surface area contributed by atoms with Gasteiger partial charge in [-0.15, -0.1) is 0 Å². The van der Waals surface area contributed by atoms with Gasteiger partial charge in [0.25, 0.3) is 0 Å². The Morgan fingerprint density at radius 2 is 1.75 bits per heavy atom. The Morgan fingerprint density at radius 3 is 2.36 bits per heavy atom. The van der Waals surface area contributed by atoms with Gasteiger partial charge in [-0.25, -0.2) is 4.39 Å². The molecule has 7 heteroatoms. The summed E-state index contributed by atoms with van der Waals surface area (Å²) in [4.78, 5) is 18.4. The minimum atomic E-state index is -0.952. The lowest BCUT2D eigenvalue weighted by atomic mass is 9.82. The van der Waals surface area contributed by atoms with Crippen LogP contribution in [0.15, 0.2) is 54.7 Å². The van der Waals surface area contributed by atoms with E-state index in [0.717, 1.165) is 48.3 Å². The van der Waals surface area contributed by atoms with E-state index in [1.807, 2.05) is 24.3 Å². The van der Waals surface area contributed by atoms with Crippen molar-refractivity contribution in [3.05, 3.63) is 77.4 Å². The van der Waals surface area contributed by atoms with E-state index in [9.17, 15) is 19.4 Å². The van der Waals surface area contributed by atoms with Gasteiger partial charge < -0.3 is 19.8 Å². The van der Waals surface area contributed by atoms with Gasteiger partial charge in [-0.1, -0.05) is 38.1 Å². The van der Waals surface area contributed by atoms with Crippen LogP contribution in [0.5, 0.6) is 5.75 Å². The van der Waals surface area contributed by atoms with E-state index in [1.54, 1.807) is 18.3 Å². The standard InChI is InChI=1S/C29H33FN2O4/c1-29(2)12-14-32(15-13-29)28-24(17-27(34)35)26(19-33)31-18-25(28)21-5-9-23(10-6-21)36-16-11-20-3-7-22(30)8-4-20/h3-10,18,33H,11-17,19H2,1-2H3,(H,34,35). The Bertz CT molecular complexity index is 1180. The first-order chi connectivity index (χ1) is 17.3. The Hall–Kier alpha value is -3.45. The van der Waals surface area contributed by atoms with E-state index < -0.39 is 5.97 Å². The predicted octanol–water partition coefficient (Wildman–Crippen LogP) is 5.26. The molecule has 0 spiro atoms. The number of aromatic nitrogens is 1. The van der Waals surface area contributed by atoms with Crippen LogP contribution in [0.4, 0.5) is 10.1 Å². The number of benzene rings is 2. The zero-order chi connectivity index (χ0) is 25.7. The number of rotatable bonds is 9. The zero-order valence-electron chi connectivity index (χ0n) is 20.8. The molecule has 2 N–H and O–H groups in total. The molecule has 2 heterocycles. The topological polar surface area (TPSA) is 82.9 Å². The van der Waals surface area contributed by atoms with Gasteiger partial charge in [0.1, 0.15) is 11.6 Å². The van der Waals surface area contributed by atoms with Crippen molar-refractivity contribution in [1.82, 2.24) is 4.98 Å². The van der Waals surface area contributed by atoms with Crippen molar-refractivity contribution in [2.75, 3.05) is 24.6 Å². The first-order valence-corrected chi connectivity index (χ1v) is 12.3. The fourth-order valence-electron chi connectivity index (χ4n) is 4.63. The van der Waals surface area contributed by atoms with Gasteiger partial charge in [0.05, 0.1) is 31.0 Å². The van der Waals surface area contributed by atoms with Crippen molar-refractivity contribution in [1.29, 1.82) is 0 Å². The Morgan fingerprint density at radius 1 is 1.08 bits per heavy atom. The van der Waals surface area contributed by atoms with Gasteiger partial charge in [-0.05, 0) is 53.6 Å². The van der Waals surface area contributed by atoms with E-state index in [-0.39, 0.29) is 24.3 Å². The second-order valence-corrected chi connectivity index (χ2v) is 10.1. The number of ether oxygens (including phenoxy) is 1. The highest BCUT2D eigenvalue weighted by molar-refractivity contribution is 5.84. The molecule has 0 saturated carbocycles. The third-order valence-corrected chi connectivity index (χ3v) is 6.89. The van der Waals surface area contributed by atoms with E-state index in [0.29, 0.717) is 30.0 Å². The van der Waals surface area contributed by atoms with Crippen molar-refractivity contribution in [3.8, 4) is 16.9 Å². The summed E-state index contributed by atoms with van der Waals surface area (Å²) >= 11 is 0. The number of hydrogen-bond donors (Lipinski definition) is 2. The first kappa shape index (κ1) is 25.6. The van der Waals surface area contributed by atoms with Crippen LogP contribution >= 0.6 is 0 Å². The van der Waals surface area contributed by atoms with E-state index >= 15 is 0 Å². The molecule has 1 aliphatic heterocycles. The van der Waals surface area contributed by atoms with Crippen LogP contribution in [-0.2, 0) is 24.2 Å². The number of carboxylic acids is 1. The number of hydrogen-bond acceptors (Lipinski definition) is 5. The van der Waals surface area contributed by atoms with Gasteiger partial charge >= 0.3 is 5.97 Å². The Kier molecular flexibility index (Phi) is 7.89. The van der Waals surface area contributed by atoms with Crippen LogP contribution in [0.3, 0.4) is 0 Å². The molecule has 1 fully saturated rings. The number of aliphatic hydroxyl groups is 1. The number of halogens is 1. The van der Waals surface area contributed by atoms with Crippen LogP contribution in [0, 0.1) is 11.2 Å².